The summed E-state index contributed by atoms with van der Waals surface area (Å²) in [7, 11) is 0. The first-order valence-corrected chi connectivity index (χ1v) is 6.93. The molecule has 2 aromatic carbocycles. The van der Waals surface area contributed by atoms with Crippen LogP contribution in [0.5, 0.6) is 5.75 Å². The van der Waals surface area contributed by atoms with Crippen molar-refractivity contribution in [3.63, 3.8) is 0 Å². The average Bonchev–Trinajstić information content (AvgIpc) is 2.50. The molecule has 0 saturated carbocycles. The minimum atomic E-state index is -0.205. The summed E-state index contributed by atoms with van der Waals surface area (Å²) >= 11 is 6.14. The second-order valence-electron chi connectivity index (χ2n) is 4.28. The monoisotopic (exact) mass is 291 g/mol. The predicted octanol–water partition coefficient (Wildman–Crippen LogP) is 3.44. The zero-order chi connectivity index (χ0) is 14.2. The summed E-state index contributed by atoms with van der Waals surface area (Å²) in [5.74, 6) is 0.832. The summed E-state index contributed by atoms with van der Waals surface area (Å²) in [4.78, 5) is 0. The molecule has 106 valence electrons. The fraction of sp³-hybridized carbons (Fsp3) is 0.250. The van der Waals surface area contributed by atoms with E-state index in [2.05, 4.69) is 0 Å². The number of rotatable bonds is 7. The third kappa shape index (κ3) is 4.23. The molecule has 1 atom stereocenters. The third-order valence-corrected chi connectivity index (χ3v) is 3.22. The van der Waals surface area contributed by atoms with Gasteiger partial charge in [0.05, 0.1) is 12.7 Å². The largest absolute Gasteiger partial charge is 0.491 e. The zero-order valence-electron chi connectivity index (χ0n) is 11.2. The number of hydrogen-bond donors (Lipinski definition) is 1. The fourth-order valence-electron chi connectivity index (χ4n) is 1.89. The minimum Gasteiger partial charge on any atom is -0.491 e. The zero-order valence-corrected chi connectivity index (χ0v) is 11.9. The smallest absolute Gasteiger partial charge is 0.119 e. The van der Waals surface area contributed by atoms with E-state index in [9.17, 15) is 0 Å². The second-order valence-corrected chi connectivity index (χ2v) is 4.69. The van der Waals surface area contributed by atoms with E-state index in [1.165, 1.54) is 0 Å². The maximum atomic E-state index is 6.14. The highest BCUT2D eigenvalue weighted by Gasteiger charge is 2.13. The number of ether oxygens (including phenoxy) is 2. The van der Waals surface area contributed by atoms with Crippen molar-refractivity contribution in [3.05, 3.63) is 65.2 Å². The van der Waals surface area contributed by atoms with Gasteiger partial charge in [0.1, 0.15) is 12.4 Å². The Morgan fingerprint density at radius 1 is 0.950 bits per heavy atom. The molecule has 0 radical (unpaired) electrons. The highest BCUT2D eigenvalue weighted by atomic mass is 35.5. The Hall–Kier alpha value is -1.55. The van der Waals surface area contributed by atoms with Gasteiger partial charge < -0.3 is 15.2 Å². The highest BCUT2D eigenvalue weighted by molar-refractivity contribution is 6.31. The van der Waals surface area contributed by atoms with Crippen LogP contribution in [0.25, 0.3) is 0 Å². The van der Waals surface area contributed by atoms with Crippen LogP contribution in [0, 0.1) is 0 Å². The highest BCUT2D eigenvalue weighted by Crippen LogP contribution is 2.24. The van der Waals surface area contributed by atoms with Gasteiger partial charge in [0.25, 0.3) is 0 Å². The van der Waals surface area contributed by atoms with Crippen molar-refractivity contribution in [2.24, 2.45) is 5.73 Å². The van der Waals surface area contributed by atoms with Gasteiger partial charge >= 0.3 is 0 Å². The van der Waals surface area contributed by atoms with E-state index < -0.39 is 0 Å². The first-order chi connectivity index (χ1) is 9.81. The number of halogens is 1. The Kier molecular flexibility index (Phi) is 5.87. The van der Waals surface area contributed by atoms with E-state index in [0.717, 1.165) is 11.3 Å². The van der Waals surface area contributed by atoms with Crippen molar-refractivity contribution in [1.29, 1.82) is 0 Å². The summed E-state index contributed by atoms with van der Waals surface area (Å²) in [6, 6.07) is 17.2. The molecule has 0 bridgehead atoms. The van der Waals surface area contributed by atoms with Crippen molar-refractivity contribution in [2.45, 2.75) is 6.10 Å². The molecule has 20 heavy (non-hydrogen) atoms. The van der Waals surface area contributed by atoms with Crippen LogP contribution in [-0.4, -0.2) is 19.8 Å². The number of nitrogens with two attached hydrogens (primary N) is 1. The molecule has 0 fully saturated rings. The van der Waals surface area contributed by atoms with E-state index in [0.29, 0.717) is 24.8 Å². The maximum absolute atomic E-state index is 6.14. The van der Waals surface area contributed by atoms with Crippen LogP contribution in [0.4, 0.5) is 0 Å². The van der Waals surface area contributed by atoms with Crippen molar-refractivity contribution in [1.82, 2.24) is 0 Å². The molecule has 4 heteroatoms. The molecule has 0 spiro atoms. The van der Waals surface area contributed by atoms with Gasteiger partial charge in [-0.3, -0.25) is 0 Å². The van der Waals surface area contributed by atoms with Crippen LogP contribution in [0.1, 0.15) is 11.7 Å². The van der Waals surface area contributed by atoms with Gasteiger partial charge in [-0.15, -0.1) is 0 Å². The Balaban J connectivity index is 1.81. The van der Waals surface area contributed by atoms with E-state index >= 15 is 0 Å². The number of benzene rings is 2. The van der Waals surface area contributed by atoms with Gasteiger partial charge in [-0.2, -0.15) is 0 Å². The van der Waals surface area contributed by atoms with Crippen LogP contribution in [0.15, 0.2) is 54.6 Å². The average molecular weight is 292 g/mol. The van der Waals surface area contributed by atoms with E-state index in [1.54, 1.807) is 0 Å². The number of hydrogen-bond acceptors (Lipinski definition) is 3. The summed E-state index contributed by atoms with van der Waals surface area (Å²) in [5.41, 5.74) is 6.66. The van der Waals surface area contributed by atoms with Crippen molar-refractivity contribution >= 4 is 11.6 Å². The molecule has 0 saturated heterocycles. The molecule has 0 aromatic heterocycles. The van der Waals surface area contributed by atoms with Gasteiger partial charge in [0.2, 0.25) is 0 Å². The molecule has 0 aliphatic heterocycles. The summed E-state index contributed by atoms with van der Waals surface area (Å²) in [6.45, 7) is 1.32. The quantitative estimate of drug-likeness (QED) is 0.795. The maximum Gasteiger partial charge on any atom is 0.119 e. The van der Waals surface area contributed by atoms with Crippen molar-refractivity contribution in [2.75, 3.05) is 19.8 Å². The van der Waals surface area contributed by atoms with Crippen molar-refractivity contribution < 1.29 is 9.47 Å². The molecule has 3 nitrogen and oxygen atoms in total. The van der Waals surface area contributed by atoms with Crippen LogP contribution in [0.2, 0.25) is 5.02 Å². The first kappa shape index (κ1) is 14.9. The van der Waals surface area contributed by atoms with E-state index in [1.807, 2.05) is 54.6 Å². The summed E-state index contributed by atoms with van der Waals surface area (Å²) in [5, 5.41) is 0.673. The van der Waals surface area contributed by atoms with Crippen LogP contribution < -0.4 is 10.5 Å². The fourth-order valence-corrected chi connectivity index (χ4v) is 2.15. The van der Waals surface area contributed by atoms with Gasteiger partial charge in [0.15, 0.2) is 0 Å². The van der Waals surface area contributed by atoms with Crippen LogP contribution in [0.3, 0.4) is 0 Å². The lowest BCUT2D eigenvalue weighted by Gasteiger charge is -2.17. The molecule has 2 rings (SSSR count). The standard InChI is InChI=1S/C16H18ClNO2/c17-15-9-5-4-8-14(15)16(12-18)20-11-10-19-13-6-2-1-3-7-13/h1-9,16H,10-12,18H2. The van der Waals surface area contributed by atoms with Gasteiger partial charge in [-0.05, 0) is 18.2 Å². The Morgan fingerprint density at radius 3 is 2.35 bits per heavy atom. The lowest BCUT2D eigenvalue weighted by Crippen LogP contribution is -2.19. The molecule has 2 N–H and O–H groups in total. The lowest BCUT2D eigenvalue weighted by molar-refractivity contribution is 0.0381. The van der Waals surface area contributed by atoms with Crippen LogP contribution in [-0.2, 0) is 4.74 Å². The molecule has 0 aliphatic rings. The Morgan fingerprint density at radius 2 is 1.65 bits per heavy atom. The molecule has 1 unspecified atom stereocenters. The molecular weight excluding hydrogens is 274 g/mol. The molecule has 0 amide bonds. The second kappa shape index (κ2) is 7.90. The minimum absolute atomic E-state index is 0.205. The predicted molar refractivity (Wildman–Crippen MR) is 81.1 cm³/mol. The Labute approximate surface area is 124 Å². The van der Waals surface area contributed by atoms with E-state index in [-0.39, 0.29) is 6.10 Å². The Bertz CT molecular complexity index is 519. The summed E-state index contributed by atoms with van der Waals surface area (Å²) < 4.78 is 11.3. The van der Waals surface area contributed by atoms with Gasteiger partial charge in [0, 0.05) is 17.1 Å². The molecule has 0 aliphatic carbocycles. The lowest BCUT2D eigenvalue weighted by atomic mass is 10.1. The summed E-state index contributed by atoms with van der Waals surface area (Å²) in [6.07, 6.45) is -0.205. The van der Waals surface area contributed by atoms with Gasteiger partial charge in [-0.25, -0.2) is 0 Å². The number of para-hydroxylation sites is 1. The molecule has 2 aromatic rings. The topological polar surface area (TPSA) is 44.5 Å². The SMILES string of the molecule is NCC(OCCOc1ccccc1)c1ccccc1Cl. The van der Waals surface area contributed by atoms with Gasteiger partial charge in [-0.1, -0.05) is 48.0 Å². The molecular formula is C16H18ClNO2. The van der Waals surface area contributed by atoms with Crippen LogP contribution >= 0.6 is 11.6 Å². The van der Waals surface area contributed by atoms with E-state index in [4.69, 9.17) is 26.8 Å². The van der Waals surface area contributed by atoms with Crippen molar-refractivity contribution in [3.8, 4) is 5.75 Å². The molecule has 0 heterocycles. The first-order valence-electron chi connectivity index (χ1n) is 6.55. The normalized spacial score (nSPS) is 12.1. The third-order valence-electron chi connectivity index (χ3n) is 2.88.